The van der Waals surface area contributed by atoms with Crippen LogP contribution in [0.4, 0.5) is 0 Å². The predicted octanol–water partition coefficient (Wildman–Crippen LogP) is 3.83. The highest BCUT2D eigenvalue weighted by Crippen LogP contribution is 2.23. The molecule has 1 aromatic carbocycles. The van der Waals surface area contributed by atoms with Crippen molar-refractivity contribution in [1.82, 2.24) is 4.90 Å². The molecule has 1 rings (SSSR count). The predicted molar refractivity (Wildman–Crippen MR) is 78.2 cm³/mol. The number of hydrogen-bond donors (Lipinski definition) is 0. The Morgan fingerprint density at radius 2 is 2.17 bits per heavy atom. The third kappa shape index (κ3) is 3.82. The molecule has 0 bridgehead atoms. The quantitative estimate of drug-likeness (QED) is 0.804. The number of carbonyl (C=O) groups excluding carboxylic acids is 1. The van der Waals surface area contributed by atoms with Crippen LogP contribution in [-0.4, -0.2) is 23.9 Å². The van der Waals surface area contributed by atoms with Crippen LogP contribution in [0, 0.1) is 17.2 Å². The summed E-state index contributed by atoms with van der Waals surface area (Å²) in [6, 6.07) is 7.63. The summed E-state index contributed by atoms with van der Waals surface area (Å²) in [5.41, 5.74) is 0.608. The fourth-order valence-corrected chi connectivity index (χ4v) is 2.34. The molecule has 0 aliphatic heterocycles. The lowest BCUT2D eigenvalue weighted by molar-refractivity contribution is 0.0751. The van der Waals surface area contributed by atoms with Crippen molar-refractivity contribution in [2.75, 3.05) is 13.1 Å². The molecule has 1 amide bonds. The maximum Gasteiger partial charge on any atom is 0.255 e. The summed E-state index contributed by atoms with van der Waals surface area (Å²) in [6.45, 7) is 4.76. The van der Waals surface area contributed by atoms with Crippen LogP contribution in [0.25, 0.3) is 0 Å². The van der Waals surface area contributed by atoms with Gasteiger partial charge in [-0.1, -0.05) is 15.9 Å². The molecule has 0 N–H and O–H groups in total. The Morgan fingerprint density at radius 3 is 2.72 bits per heavy atom. The van der Waals surface area contributed by atoms with Gasteiger partial charge in [0.2, 0.25) is 0 Å². The van der Waals surface area contributed by atoms with Crippen molar-refractivity contribution in [2.45, 2.75) is 13.8 Å². The minimum atomic E-state index is -0.167. The molecule has 3 nitrogen and oxygen atoms in total. The molecule has 0 fully saturated rings. The molecule has 0 saturated carbocycles. The van der Waals surface area contributed by atoms with E-state index in [2.05, 4.69) is 37.9 Å². The smallest absolute Gasteiger partial charge is 0.255 e. The Morgan fingerprint density at radius 1 is 1.50 bits per heavy atom. The zero-order valence-electron chi connectivity index (χ0n) is 10.3. The van der Waals surface area contributed by atoms with Crippen LogP contribution >= 0.6 is 31.9 Å². The molecule has 0 heterocycles. The molecule has 0 spiro atoms. The fourth-order valence-electron chi connectivity index (χ4n) is 1.56. The molecule has 0 aliphatic rings. The lowest BCUT2D eigenvalue weighted by Gasteiger charge is -2.22. The minimum Gasteiger partial charge on any atom is -0.338 e. The lowest BCUT2D eigenvalue weighted by atomic mass is 10.1. The first kappa shape index (κ1) is 15.2. The second-order valence-electron chi connectivity index (χ2n) is 4.00. The summed E-state index contributed by atoms with van der Waals surface area (Å²) in [5, 5.41) is 8.83. The highest BCUT2D eigenvalue weighted by atomic mass is 79.9. The third-order valence-corrected chi connectivity index (χ3v) is 3.73. The van der Waals surface area contributed by atoms with Crippen LogP contribution in [0.2, 0.25) is 0 Å². The van der Waals surface area contributed by atoms with Gasteiger partial charge in [0.1, 0.15) is 0 Å². The van der Waals surface area contributed by atoms with Gasteiger partial charge in [-0.3, -0.25) is 4.79 Å². The molecular weight excluding hydrogens is 360 g/mol. The van der Waals surface area contributed by atoms with E-state index in [-0.39, 0.29) is 11.8 Å². The molecule has 5 heteroatoms. The highest BCUT2D eigenvalue weighted by Gasteiger charge is 2.19. The molecule has 1 aromatic rings. The van der Waals surface area contributed by atoms with Gasteiger partial charge in [-0.2, -0.15) is 5.26 Å². The SMILES string of the molecule is CCN(CC(C)C#N)C(=O)c1cc(Br)ccc1Br. The zero-order valence-corrected chi connectivity index (χ0v) is 13.5. The van der Waals surface area contributed by atoms with E-state index < -0.39 is 0 Å². The summed E-state index contributed by atoms with van der Waals surface area (Å²) in [5.74, 6) is -0.229. The first-order valence-corrected chi connectivity index (χ1v) is 7.22. The Balaban J connectivity index is 2.97. The number of amides is 1. The van der Waals surface area contributed by atoms with Gasteiger partial charge in [0, 0.05) is 22.0 Å². The van der Waals surface area contributed by atoms with E-state index in [0.29, 0.717) is 18.7 Å². The second kappa shape index (κ2) is 6.91. The van der Waals surface area contributed by atoms with Crippen molar-refractivity contribution in [2.24, 2.45) is 5.92 Å². The first-order chi connectivity index (χ1) is 8.49. The normalized spacial score (nSPS) is 11.7. The highest BCUT2D eigenvalue weighted by molar-refractivity contribution is 9.11. The van der Waals surface area contributed by atoms with Crippen LogP contribution < -0.4 is 0 Å². The number of benzene rings is 1. The third-order valence-electron chi connectivity index (χ3n) is 2.54. The van der Waals surface area contributed by atoms with Crippen molar-refractivity contribution in [3.8, 4) is 6.07 Å². The van der Waals surface area contributed by atoms with Gasteiger partial charge in [0.25, 0.3) is 5.91 Å². The standard InChI is InChI=1S/C13H14Br2N2O/c1-3-17(8-9(2)7-16)13(18)11-6-10(14)4-5-12(11)15/h4-6,9H,3,8H2,1-2H3. The van der Waals surface area contributed by atoms with Crippen LogP contribution in [0.5, 0.6) is 0 Å². The van der Waals surface area contributed by atoms with Crippen LogP contribution in [-0.2, 0) is 0 Å². The molecule has 0 aromatic heterocycles. The number of nitriles is 1. The van der Waals surface area contributed by atoms with E-state index in [0.717, 1.165) is 8.95 Å². The van der Waals surface area contributed by atoms with Crippen LogP contribution in [0.3, 0.4) is 0 Å². The van der Waals surface area contributed by atoms with E-state index in [1.165, 1.54) is 0 Å². The maximum atomic E-state index is 12.4. The van der Waals surface area contributed by atoms with Crippen molar-refractivity contribution in [3.05, 3.63) is 32.7 Å². The zero-order chi connectivity index (χ0) is 13.7. The Labute approximate surface area is 124 Å². The topological polar surface area (TPSA) is 44.1 Å². The van der Waals surface area contributed by atoms with E-state index in [9.17, 15) is 4.79 Å². The van der Waals surface area contributed by atoms with E-state index in [1.54, 1.807) is 11.0 Å². The molecule has 96 valence electrons. The first-order valence-electron chi connectivity index (χ1n) is 5.63. The fraction of sp³-hybridized carbons (Fsp3) is 0.385. The van der Waals surface area contributed by atoms with Crippen molar-refractivity contribution >= 4 is 37.8 Å². The van der Waals surface area contributed by atoms with Crippen LogP contribution in [0.15, 0.2) is 27.1 Å². The number of rotatable bonds is 4. The van der Waals surface area contributed by atoms with E-state index >= 15 is 0 Å². The second-order valence-corrected chi connectivity index (χ2v) is 5.77. The number of halogens is 2. The number of nitrogens with zero attached hydrogens (tertiary/aromatic N) is 2. The molecule has 0 aliphatic carbocycles. The summed E-state index contributed by atoms with van der Waals surface area (Å²) < 4.78 is 1.62. The number of carbonyl (C=O) groups is 1. The van der Waals surface area contributed by atoms with Gasteiger partial charge >= 0.3 is 0 Å². The minimum absolute atomic E-state index is 0.0622. The summed E-state index contributed by atoms with van der Waals surface area (Å²) in [4.78, 5) is 14.0. The molecule has 1 atom stereocenters. The number of hydrogen-bond acceptors (Lipinski definition) is 2. The van der Waals surface area contributed by atoms with Crippen molar-refractivity contribution in [1.29, 1.82) is 5.26 Å². The molecule has 1 unspecified atom stereocenters. The van der Waals surface area contributed by atoms with Crippen LogP contribution in [0.1, 0.15) is 24.2 Å². The lowest BCUT2D eigenvalue weighted by Crippen LogP contribution is -2.34. The van der Waals surface area contributed by atoms with Gasteiger partial charge in [-0.15, -0.1) is 0 Å². The van der Waals surface area contributed by atoms with Gasteiger partial charge in [-0.25, -0.2) is 0 Å². The van der Waals surface area contributed by atoms with Gasteiger partial charge < -0.3 is 4.90 Å². The van der Waals surface area contributed by atoms with Crippen molar-refractivity contribution in [3.63, 3.8) is 0 Å². The molecule has 18 heavy (non-hydrogen) atoms. The molecule has 0 saturated heterocycles. The Kier molecular flexibility index (Phi) is 5.83. The average Bonchev–Trinajstić information content (AvgIpc) is 2.37. The summed E-state index contributed by atoms with van der Waals surface area (Å²) in [6.07, 6.45) is 0. The van der Waals surface area contributed by atoms with E-state index in [1.807, 2.05) is 26.0 Å². The average molecular weight is 374 g/mol. The molecule has 0 radical (unpaired) electrons. The Hall–Kier alpha value is -0.860. The van der Waals surface area contributed by atoms with Crippen molar-refractivity contribution < 1.29 is 4.79 Å². The van der Waals surface area contributed by atoms with Gasteiger partial charge in [0.05, 0.1) is 17.6 Å². The molecular formula is C13H14Br2N2O. The largest absolute Gasteiger partial charge is 0.338 e. The summed E-state index contributed by atoms with van der Waals surface area (Å²) >= 11 is 6.73. The van der Waals surface area contributed by atoms with Gasteiger partial charge in [0.15, 0.2) is 0 Å². The Bertz CT molecular complexity index is 482. The van der Waals surface area contributed by atoms with E-state index in [4.69, 9.17) is 5.26 Å². The monoisotopic (exact) mass is 372 g/mol. The summed E-state index contributed by atoms with van der Waals surface area (Å²) in [7, 11) is 0. The van der Waals surface area contributed by atoms with Gasteiger partial charge in [-0.05, 0) is 48.0 Å². The maximum absolute atomic E-state index is 12.4.